The van der Waals surface area contributed by atoms with Gasteiger partial charge in [0.25, 0.3) is 0 Å². The van der Waals surface area contributed by atoms with Crippen molar-refractivity contribution in [3.8, 4) is 0 Å². The highest BCUT2D eigenvalue weighted by Crippen LogP contribution is 2.09. The minimum Gasteiger partial charge on any atom is -0.330 e. The van der Waals surface area contributed by atoms with Gasteiger partial charge in [0.15, 0.2) is 4.30 Å². The van der Waals surface area contributed by atoms with E-state index in [0.29, 0.717) is 0 Å². The van der Waals surface area contributed by atoms with Crippen molar-refractivity contribution in [2.24, 2.45) is 5.73 Å². The third-order valence-corrected chi connectivity index (χ3v) is 3.72. The summed E-state index contributed by atoms with van der Waals surface area (Å²) in [7, 11) is 0. The first-order valence-electron chi connectivity index (χ1n) is 9.42. The largest absolute Gasteiger partial charge is 0.330 e. The zero-order chi connectivity index (χ0) is 17.6. The number of hydrogen-bond acceptors (Lipinski definition) is 1. The van der Waals surface area contributed by atoms with Crippen LogP contribution in [0.4, 0.5) is 0 Å². The van der Waals surface area contributed by atoms with Crippen LogP contribution in [0.3, 0.4) is 0 Å². The summed E-state index contributed by atoms with van der Waals surface area (Å²) in [4.78, 5) is 0. The molecule has 0 fully saturated rings. The molecule has 0 saturated heterocycles. The number of hydrogen-bond donors (Lipinski definition) is 1. The molecule has 0 aromatic heterocycles. The Morgan fingerprint density at radius 1 is 0.652 bits per heavy atom. The smallest absolute Gasteiger partial charge is 0.180 e. The Labute approximate surface area is 160 Å². The number of unbranched alkanes of at least 4 members (excludes halogenated alkanes) is 12. The van der Waals surface area contributed by atoms with E-state index in [1.54, 1.807) is 0 Å². The quantitative estimate of drug-likeness (QED) is 0.172. The Balaban J connectivity index is 0. The fourth-order valence-electron chi connectivity index (χ4n) is 2.39. The van der Waals surface area contributed by atoms with Crippen molar-refractivity contribution < 1.29 is 0 Å². The number of nitrogens with two attached hydrogens (primary N) is 1. The van der Waals surface area contributed by atoms with Crippen molar-refractivity contribution in [2.75, 3.05) is 6.54 Å². The van der Waals surface area contributed by atoms with Gasteiger partial charge in [0.2, 0.25) is 0 Å². The van der Waals surface area contributed by atoms with E-state index in [-0.39, 0.29) is 0 Å². The lowest BCUT2D eigenvalue weighted by molar-refractivity contribution is 0.599. The van der Waals surface area contributed by atoms with E-state index < -0.39 is 4.30 Å². The maximum Gasteiger partial charge on any atom is 0.180 e. The number of alkyl halides is 3. The van der Waals surface area contributed by atoms with Gasteiger partial charge < -0.3 is 5.73 Å². The molecular weight excluding hydrogens is 349 g/mol. The summed E-state index contributed by atoms with van der Waals surface area (Å²) in [5, 5.41) is 0. The summed E-state index contributed by atoms with van der Waals surface area (Å²) in [6, 6.07) is 0. The molecule has 0 amide bonds. The molecule has 0 rings (SSSR count). The summed E-state index contributed by atoms with van der Waals surface area (Å²) >= 11 is 14.4. The summed E-state index contributed by atoms with van der Waals surface area (Å²) < 4.78 is -0.750. The molecule has 0 aliphatic rings. The predicted octanol–water partition coefficient (Wildman–Crippen LogP) is 7.97. The molecule has 1 nitrogen and oxygen atoms in total. The average molecular weight is 387 g/mol. The van der Waals surface area contributed by atoms with Gasteiger partial charge in [0.05, 0.1) is 0 Å². The van der Waals surface area contributed by atoms with Gasteiger partial charge in [-0.15, -0.1) is 0 Å². The van der Waals surface area contributed by atoms with Gasteiger partial charge in [-0.05, 0) is 38.6 Å². The van der Waals surface area contributed by atoms with Gasteiger partial charge >= 0.3 is 0 Å². The van der Waals surface area contributed by atoms with E-state index in [4.69, 9.17) is 40.5 Å². The number of halogens is 3. The van der Waals surface area contributed by atoms with Crippen LogP contribution < -0.4 is 5.73 Å². The number of allylic oxidation sites excluding steroid dienone is 2. The summed E-state index contributed by atoms with van der Waals surface area (Å²) in [6.07, 6.45) is 23.9. The first kappa shape index (κ1) is 25.8. The SMILES string of the molecule is CCCCCCCC/C=C\CCCCCCCCN.ClC(Cl)Cl. The van der Waals surface area contributed by atoms with Gasteiger partial charge in [0, 0.05) is 0 Å². The van der Waals surface area contributed by atoms with Crippen molar-refractivity contribution >= 4 is 34.8 Å². The predicted molar refractivity (Wildman–Crippen MR) is 110 cm³/mol. The van der Waals surface area contributed by atoms with Gasteiger partial charge in [-0.3, -0.25) is 0 Å². The fourth-order valence-corrected chi connectivity index (χ4v) is 2.39. The second-order valence-electron chi connectivity index (χ2n) is 5.97. The van der Waals surface area contributed by atoms with Crippen LogP contribution in [0, 0.1) is 0 Å². The topological polar surface area (TPSA) is 26.0 Å². The van der Waals surface area contributed by atoms with E-state index in [0.717, 1.165) is 6.54 Å². The van der Waals surface area contributed by atoms with Crippen LogP contribution >= 0.6 is 34.8 Å². The van der Waals surface area contributed by atoms with E-state index >= 15 is 0 Å². The first-order chi connectivity index (χ1) is 11.1. The van der Waals surface area contributed by atoms with Crippen LogP contribution in [0.15, 0.2) is 12.2 Å². The van der Waals surface area contributed by atoms with Crippen LogP contribution in [-0.2, 0) is 0 Å². The normalized spacial score (nSPS) is 11.0. The summed E-state index contributed by atoms with van der Waals surface area (Å²) in [5.41, 5.74) is 5.47. The summed E-state index contributed by atoms with van der Waals surface area (Å²) in [6.45, 7) is 3.14. The van der Waals surface area contributed by atoms with Gasteiger partial charge in [-0.2, -0.15) is 0 Å². The Bertz CT molecular complexity index is 218. The highest BCUT2D eigenvalue weighted by Gasteiger charge is 1.90. The molecule has 0 heterocycles. The Kier molecular flexibility index (Phi) is 27.8. The maximum absolute atomic E-state index is 5.47. The first-order valence-corrected chi connectivity index (χ1v) is 10.7. The van der Waals surface area contributed by atoms with Crippen molar-refractivity contribution in [1.82, 2.24) is 0 Å². The highest BCUT2D eigenvalue weighted by atomic mass is 35.6. The highest BCUT2D eigenvalue weighted by molar-refractivity contribution is 6.63. The molecule has 0 bridgehead atoms. The van der Waals surface area contributed by atoms with Crippen LogP contribution in [0.1, 0.15) is 96.8 Å². The van der Waals surface area contributed by atoms with Gasteiger partial charge in [-0.1, -0.05) is 112 Å². The lowest BCUT2D eigenvalue weighted by atomic mass is 10.1. The average Bonchev–Trinajstić information content (AvgIpc) is 2.50. The minimum absolute atomic E-state index is 0.750. The third kappa shape index (κ3) is 34.8. The molecule has 0 aromatic rings. The van der Waals surface area contributed by atoms with Crippen LogP contribution in [0.5, 0.6) is 0 Å². The number of rotatable bonds is 15. The molecule has 23 heavy (non-hydrogen) atoms. The van der Waals surface area contributed by atoms with Crippen molar-refractivity contribution in [3.63, 3.8) is 0 Å². The zero-order valence-corrected chi connectivity index (χ0v) is 17.3. The van der Waals surface area contributed by atoms with Gasteiger partial charge in [0.1, 0.15) is 0 Å². The molecule has 0 aliphatic heterocycles. The molecule has 0 aromatic carbocycles. The van der Waals surface area contributed by atoms with Crippen molar-refractivity contribution in [1.29, 1.82) is 0 Å². The third-order valence-electron chi connectivity index (χ3n) is 3.72. The van der Waals surface area contributed by atoms with Crippen LogP contribution in [-0.4, -0.2) is 10.8 Å². The zero-order valence-electron chi connectivity index (χ0n) is 15.0. The lowest BCUT2D eigenvalue weighted by Gasteiger charge is -1.99. The lowest BCUT2D eigenvalue weighted by Crippen LogP contribution is -1.97. The Morgan fingerprint density at radius 2 is 1.00 bits per heavy atom. The van der Waals surface area contributed by atoms with E-state index in [1.165, 1.54) is 89.9 Å². The van der Waals surface area contributed by atoms with E-state index in [1.807, 2.05) is 0 Å². The molecule has 140 valence electrons. The molecule has 0 atom stereocenters. The van der Waals surface area contributed by atoms with Crippen molar-refractivity contribution in [2.45, 2.75) is 101 Å². The monoisotopic (exact) mass is 385 g/mol. The summed E-state index contributed by atoms with van der Waals surface area (Å²) in [5.74, 6) is 0. The molecular formula is C19H38Cl3N. The molecule has 4 heteroatoms. The molecule has 0 unspecified atom stereocenters. The van der Waals surface area contributed by atoms with Crippen molar-refractivity contribution in [3.05, 3.63) is 12.2 Å². The molecule has 0 spiro atoms. The van der Waals surface area contributed by atoms with E-state index in [9.17, 15) is 0 Å². The van der Waals surface area contributed by atoms with E-state index in [2.05, 4.69) is 19.1 Å². The second-order valence-corrected chi connectivity index (χ2v) is 7.95. The molecule has 0 saturated carbocycles. The molecule has 2 N–H and O–H groups in total. The Morgan fingerprint density at radius 3 is 1.39 bits per heavy atom. The van der Waals surface area contributed by atoms with Gasteiger partial charge in [-0.25, -0.2) is 0 Å². The molecule has 0 aliphatic carbocycles. The standard InChI is InChI=1S/C18H37N.CHCl3/c1-2-3-4-5-6-7-8-9-10-11-12-13-14-15-16-17-18-19;2-1(3)4/h9-10H,2-8,11-19H2,1H3;1H/b10-9-;. The fraction of sp³-hybridized carbons (Fsp3) is 0.895. The molecule has 0 radical (unpaired) electrons. The van der Waals surface area contributed by atoms with Crippen LogP contribution in [0.2, 0.25) is 0 Å². The second kappa shape index (κ2) is 24.8. The minimum atomic E-state index is -0.750. The Hall–Kier alpha value is 0.570. The van der Waals surface area contributed by atoms with Crippen LogP contribution in [0.25, 0.3) is 0 Å². The maximum atomic E-state index is 5.47.